The van der Waals surface area contributed by atoms with Crippen molar-refractivity contribution in [3.05, 3.63) is 12.2 Å². The van der Waals surface area contributed by atoms with Crippen LogP contribution in [-0.2, 0) is 4.79 Å². The lowest BCUT2D eigenvalue weighted by atomic mass is 10.1. The van der Waals surface area contributed by atoms with Crippen LogP contribution in [0.3, 0.4) is 0 Å². The van der Waals surface area contributed by atoms with E-state index in [2.05, 4.69) is 43.4 Å². The maximum Gasteiger partial charge on any atom is 0.219 e. The van der Waals surface area contributed by atoms with Gasteiger partial charge in [0.15, 0.2) is 0 Å². The van der Waals surface area contributed by atoms with Gasteiger partial charge in [-0.2, -0.15) is 0 Å². The molecule has 3 heteroatoms. The monoisotopic (exact) mass is 338 g/mol. The van der Waals surface area contributed by atoms with Gasteiger partial charge in [0.05, 0.1) is 0 Å². The van der Waals surface area contributed by atoms with Crippen LogP contribution in [0.2, 0.25) is 0 Å². The second-order valence-electron chi connectivity index (χ2n) is 7.13. The van der Waals surface area contributed by atoms with Gasteiger partial charge < -0.3 is 10.2 Å². The topological polar surface area (TPSA) is 32.3 Å². The molecule has 1 amide bonds. The molecule has 3 nitrogen and oxygen atoms in total. The van der Waals surface area contributed by atoms with Crippen molar-refractivity contribution in [1.82, 2.24) is 10.2 Å². The molecule has 0 spiro atoms. The van der Waals surface area contributed by atoms with E-state index < -0.39 is 0 Å². The number of hydrogen-bond donors (Lipinski definition) is 1. The lowest BCUT2D eigenvalue weighted by Crippen LogP contribution is -2.26. The third kappa shape index (κ3) is 19.2. The molecule has 142 valence electrons. The SMILES string of the molecule is CCCCCC/C=C/CCCCCCCC(=O)NCCCN(C)C. The molecule has 0 atom stereocenters. The highest BCUT2D eigenvalue weighted by atomic mass is 16.1. The minimum Gasteiger partial charge on any atom is -0.356 e. The van der Waals surface area contributed by atoms with Gasteiger partial charge in [-0.25, -0.2) is 0 Å². The molecule has 0 aromatic heterocycles. The predicted octanol–water partition coefficient (Wildman–Crippen LogP) is 5.31. The van der Waals surface area contributed by atoms with Crippen LogP contribution in [0.1, 0.15) is 90.4 Å². The molecular weight excluding hydrogens is 296 g/mol. The Labute approximate surface area is 151 Å². The summed E-state index contributed by atoms with van der Waals surface area (Å²) < 4.78 is 0. The van der Waals surface area contributed by atoms with E-state index >= 15 is 0 Å². The third-order valence-corrected chi connectivity index (χ3v) is 4.27. The predicted molar refractivity (Wildman–Crippen MR) is 106 cm³/mol. The smallest absolute Gasteiger partial charge is 0.219 e. The van der Waals surface area contributed by atoms with Crippen molar-refractivity contribution in [2.24, 2.45) is 0 Å². The van der Waals surface area contributed by atoms with Crippen LogP contribution in [0, 0.1) is 0 Å². The maximum absolute atomic E-state index is 11.7. The molecule has 1 N–H and O–H groups in total. The minimum absolute atomic E-state index is 0.222. The molecule has 0 unspecified atom stereocenters. The first-order valence-corrected chi connectivity index (χ1v) is 10.2. The van der Waals surface area contributed by atoms with Crippen molar-refractivity contribution in [2.75, 3.05) is 27.2 Å². The van der Waals surface area contributed by atoms with E-state index in [9.17, 15) is 4.79 Å². The van der Waals surface area contributed by atoms with Gasteiger partial charge in [-0.1, -0.05) is 57.6 Å². The van der Waals surface area contributed by atoms with Crippen LogP contribution in [0.4, 0.5) is 0 Å². The lowest BCUT2D eigenvalue weighted by molar-refractivity contribution is -0.121. The van der Waals surface area contributed by atoms with Crippen molar-refractivity contribution >= 4 is 5.91 Å². The van der Waals surface area contributed by atoms with Crippen LogP contribution in [-0.4, -0.2) is 38.0 Å². The number of nitrogens with zero attached hydrogens (tertiary/aromatic N) is 1. The second kappa shape index (κ2) is 18.5. The van der Waals surface area contributed by atoms with E-state index in [1.807, 2.05) is 0 Å². The van der Waals surface area contributed by atoms with E-state index in [-0.39, 0.29) is 5.91 Å². The van der Waals surface area contributed by atoms with Gasteiger partial charge in [0, 0.05) is 13.0 Å². The van der Waals surface area contributed by atoms with E-state index in [4.69, 9.17) is 0 Å². The molecular formula is C21H42N2O. The quantitative estimate of drug-likeness (QED) is 0.288. The fourth-order valence-corrected chi connectivity index (χ4v) is 2.71. The standard InChI is InChI=1S/C21H42N2O/c1-4-5-6-7-8-9-10-11-12-13-14-15-16-18-21(24)22-19-17-20-23(2)3/h9-10H,4-8,11-20H2,1-3H3,(H,22,24)/b10-9+. The maximum atomic E-state index is 11.7. The molecule has 0 saturated heterocycles. The van der Waals surface area contributed by atoms with Gasteiger partial charge in [-0.3, -0.25) is 4.79 Å². The molecule has 24 heavy (non-hydrogen) atoms. The second-order valence-corrected chi connectivity index (χ2v) is 7.13. The van der Waals surface area contributed by atoms with Crippen LogP contribution in [0.5, 0.6) is 0 Å². The van der Waals surface area contributed by atoms with E-state index in [1.165, 1.54) is 64.2 Å². The van der Waals surface area contributed by atoms with Crippen molar-refractivity contribution in [3.8, 4) is 0 Å². The molecule has 0 fully saturated rings. The number of amides is 1. The average molecular weight is 339 g/mol. The number of allylic oxidation sites excluding steroid dienone is 2. The van der Waals surface area contributed by atoms with Crippen LogP contribution >= 0.6 is 0 Å². The number of unbranched alkanes of at least 4 members (excludes halogenated alkanes) is 9. The molecule has 0 aliphatic heterocycles. The summed E-state index contributed by atoms with van der Waals surface area (Å²) >= 11 is 0. The lowest BCUT2D eigenvalue weighted by Gasteiger charge is -2.09. The molecule has 0 saturated carbocycles. The van der Waals surface area contributed by atoms with Gasteiger partial charge in [0.25, 0.3) is 0 Å². The Hall–Kier alpha value is -0.830. The molecule has 0 aromatic carbocycles. The summed E-state index contributed by atoms with van der Waals surface area (Å²) in [6.07, 6.45) is 20.4. The molecule has 0 aliphatic carbocycles. The van der Waals surface area contributed by atoms with Crippen molar-refractivity contribution in [2.45, 2.75) is 90.4 Å². The van der Waals surface area contributed by atoms with Crippen LogP contribution in [0.15, 0.2) is 12.2 Å². The van der Waals surface area contributed by atoms with E-state index in [0.717, 1.165) is 25.9 Å². The Balaban J connectivity index is 3.21. The number of carbonyl (C=O) groups is 1. The zero-order valence-corrected chi connectivity index (χ0v) is 16.6. The Kier molecular flexibility index (Phi) is 17.9. The summed E-state index contributed by atoms with van der Waals surface area (Å²) in [5.41, 5.74) is 0. The van der Waals surface area contributed by atoms with Gasteiger partial charge in [-0.15, -0.1) is 0 Å². The summed E-state index contributed by atoms with van der Waals surface area (Å²) in [7, 11) is 4.12. The molecule has 0 aliphatic rings. The van der Waals surface area contributed by atoms with E-state index in [1.54, 1.807) is 0 Å². The largest absolute Gasteiger partial charge is 0.356 e. The first-order chi connectivity index (χ1) is 11.7. The Bertz CT molecular complexity index is 300. The Morgan fingerprint density at radius 2 is 1.42 bits per heavy atom. The highest BCUT2D eigenvalue weighted by molar-refractivity contribution is 5.75. The third-order valence-electron chi connectivity index (χ3n) is 4.27. The summed E-state index contributed by atoms with van der Waals surface area (Å²) in [6.45, 7) is 4.10. The number of carbonyl (C=O) groups excluding carboxylic acids is 1. The first-order valence-electron chi connectivity index (χ1n) is 10.2. The first kappa shape index (κ1) is 23.2. The average Bonchev–Trinajstić information content (AvgIpc) is 2.55. The van der Waals surface area contributed by atoms with Gasteiger partial charge in [0.1, 0.15) is 0 Å². The number of hydrogen-bond acceptors (Lipinski definition) is 2. The molecule has 0 radical (unpaired) electrons. The van der Waals surface area contributed by atoms with Gasteiger partial charge in [0.2, 0.25) is 5.91 Å². The molecule has 0 rings (SSSR count). The highest BCUT2D eigenvalue weighted by Gasteiger charge is 2.00. The summed E-state index contributed by atoms with van der Waals surface area (Å²) in [5, 5.41) is 3.01. The zero-order valence-electron chi connectivity index (χ0n) is 16.6. The molecule has 0 heterocycles. The number of rotatable bonds is 17. The highest BCUT2D eigenvalue weighted by Crippen LogP contribution is 2.08. The van der Waals surface area contributed by atoms with Gasteiger partial charge in [-0.05, 0) is 59.2 Å². The van der Waals surface area contributed by atoms with Crippen molar-refractivity contribution in [1.29, 1.82) is 0 Å². The summed E-state index contributed by atoms with van der Waals surface area (Å²) in [5.74, 6) is 0.222. The van der Waals surface area contributed by atoms with Crippen molar-refractivity contribution in [3.63, 3.8) is 0 Å². The summed E-state index contributed by atoms with van der Waals surface area (Å²) in [6, 6.07) is 0. The summed E-state index contributed by atoms with van der Waals surface area (Å²) in [4.78, 5) is 13.8. The Morgan fingerprint density at radius 3 is 2.04 bits per heavy atom. The van der Waals surface area contributed by atoms with Crippen molar-refractivity contribution < 1.29 is 4.79 Å². The Morgan fingerprint density at radius 1 is 0.833 bits per heavy atom. The van der Waals surface area contributed by atoms with Crippen LogP contribution in [0.25, 0.3) is 0 Å². The van der Waals surface area contributed by atoms with E-state index in [0.29, 0.717) is 6.42 Å². The fraction of sp³-hybridized carbons (Fsp3) is 0.857. The fourth-order valence-electron chi connectivity index (χ4n) is 2.71. The number of nitrogens with one attached hydrogen (secondary N) is 1. The molecule has 0 aromatic rings. The normalized spacial score (nSPS) is 11.5. The zero-order chi connectivity index (χ0) is 17.9. The minimum atomic E-state index is 0.222. The van der Waals surface area contributed by atoms with Gasteiger partial charge >= 0.3 is 0 Å². The molecule has 0 bridgehead atoms. The van der Waals surface area contributed by atoms with Crippen LogP contribution < -0.4 is 5.32 Å².